The van der Waals surface area contributed by atoms with E-state index in [-0.39, 0.29) is 17.9 Å². The summed E-state index contributed by atoms with van der Waals surface area (Å²) in [6.07, 6.45) is 6.29. The lowest BCUT2D eigenvalue weighted by Gasteiger charge is -2.36. The molecule has 3 rings (SSSR count). The van der Waals surface area contributed by atoms with Crippen LogP contribution >= 0.6 is 0 Å². The maximum atomic E-state index is 12.9. The van der Waals surface area contributed by atoms with Gasteiger partial charge in [-0.1, -0.05) is 0 Å². The number of aromatic nitrogens is 2. The Labute approximate surface area is 131 Å². The molecule has 1 aromatic heterocycles. The number of hydrogen-bond acceptors (Lipinski definition) is 5. The zero-order chi connectivity index (χ0) is 15.6. The Hall–Kier alpha value is -0.960. The lowest BCUT2D eigenvalue weighted by molar-refractivity contribution is 0.0295. The van der Waals surface area contributed by atoms with E-state index in [1.54, 1.807) is 10.5 Å². The molecule has 2 unspecified atom stereocenters. The molecule has 0 aromatic carbocycles. The van der Waals surface area contributed by atoms with Crippen molar-refractivity contribution in [2.24, 2.45) is 7.05 Å². The summed E-state index contributed by atoms with van der Waals surface area (Å²) < 4.78 is 34.8. The van der Waals surface area contributed by atoms with Gasteiger partial charge in [0.05, 0.1) is 17.9 Å². The SMILES string of the molecule is Cn1ccnc1C1CNCCN1S(=O)(=O)CC1CCCCO1. The predicted octanol–water partition coefficient (Wildman–Crippen LogP) is 0.265. The van der Waals surface area contributed by atoms with Gasteiger partial charge in [0.15, 0.2) is 0 Å². The van der Waals surface area contributed by atoms with Crippen molar-refractivity contribution in [3.05, 3.63) is 18.2 Å². The van der Waals surface area contributed by atoms with Gasteiger partial charge in [0.1, 0.15) is 5.82 Å². The maximum absolute atomic E-state index is 12.9. The van der Waals surface area contributed by atoms with E-state index in [1.807, 2.05) is 17.8 Å². The highest BCUT2D eigenvalue weighted by Crippen LogP contribution is 2.25. The molecule has 0 amide bonds. The van der Waals surface area contributed by atoms with Gasteiger partial charge in [0.2, 0.25) is 10.0 Å². The molecule has 2 aliphatic heterocycles. The fraction of sp³-hybridized carbons (Fsp3) is 0.786. The molecule has 0 saturated carbocycles. The van der Waals surface area contributed by atoms with Crippen molar-refractivity contribution in [3.8, 4) is 0 Å². The van der Waals surface area contributed by atoms with Crippen LogP contribution in [-0.4, -0.2) is 60.4 Å². The van der Waals surface area contributed by atoms with Crippen LogP contribution in [0.25, 0.3) is 0 Å². The number of sulfonamides is 1. The molecule has 2 saturated heterocycles. The summed E-state index contributed by atoms with van der Waals surface area (Å²) in [5.41, 5.74) is 0. The third kappa shape index (κ3) is 3.34. The molecule has 0 bridgehead atoms. The minimum absolute atomic E-state index is 0.0773. The lowest BCUT2D eigenvalue weighted by atomic mass is 10.1. The average molecular weight is 328 g/mol. The zero-order valence-electron chi connectivity index (χ0n) is 12.9. The van der Waals surface area contributed by atoms with E-state index in [4.69, 9.17) is 4.74 Å². The highest BCUT2D eigenvalue weighted by Gasteiger charge is 2.37. The Morgan fingerprint density at radius 3 is 3.00 bits per heavy atom. The van der Waals surface area contributed by atoms with Gasteiger partial charge < -0.3 is 14.6 Å². The first-order valence-corrected chi connectivity index (χ1v) is 9.48. The van der Waals surface area contributed by atoms with E-state index in [0.29, 0.717) is 26.2 Å². The summed E-state index contributed by atoms with van der Waals surface area (Å²) in [4.78, 5) is 4.34. The first kappa shape index (κ1) is 15.9. The molecule has 0 radical (unpaired) electrons. The molecular formula is C14H24N4O3S. The van der Waals surface area contributed by atoms with E-state index in [0.717, 1.165) is 25.1 Å². The van der Waals surface area contributed by atoms with Gasteiger partial charge in [-0.2, -0.15) is 4.31 Å². The topological polar surface area (TPSA) is 76.5 Å². The lowest BCUT2D eigenvalue weighted by Crippen LogP contribution is -2.51. The van der Waals surface area contributed by atoms with Gasteiger partial charge in [-0.3, -0.25) is 0 Å². The monoisotopic (exact) mass is 328 g/mol. The highest BCUT2D eigenvalue weighted by atomic mass is 32.2. The Kier molecular flexibility index (Phi) is 4.82. The molecule has 7 nitrogen and oxygen atoms in total. The number of ether oxygens (including phenoxy) is 1. The minimum Gasteiger partial charge on any atom is -0.377 e. The van der Waals surface area contributed by atoms with E-state index in [2.05, 4.69) is 10.3 Å². The number of imidazole rings is 1. The second kappa shape index (κ2) is 6.66. The van der Waals surface area contributed by atoms with Gasteiger partial charge in [-0.15, -0.1) is 0 Å². The normalized spacial score (nSPS) is 27.9. The maximum Gasteiger partial charge on any atom is 0.217 e. The van der Waals surface area contributed by atoms with E-state index >= 15 is 0 Å². The third-order valence-electron chi connectivity index (χ3n) is 4.38. The van der Waals surface area contributed by atoms with Crippen molar-refractivity contribution in [2.75, 3.05) is 32.0 Å². The van der Waals surface area contributed by atoms with Gasteiger partial charge in [-0.05, 0) is 19.3 Å². The fourth-order valence-electron chi connectivity index (χ4n) is 3.21. The smallest absolute Gasteiger partial charge is 0.217 e. The molecule has 1 aromatic rings. The highest BCUT2D eigenvalue weighted by molar-refractivity contribution is 7.89. The van der Waals surface area contributed by atoms with Gasteiger partial charge in [0, 0.05) is 45.7 Å². The van der Waals surface area contributed by atoms with Crippen molar-refractivity contribution in [1.82, 2.24) is 19.2 Å². The second-order valence-electron chi connectivity index (χ2n) is 5.99. The molecule has 2 fully saturated rings. The standard InChI is InChI=1S/C14H24N4O3S/c1-17-7-6-16-14(17)13-10-15-5-8-18(13)22(19,20)11-12-4-2-3-9-21-12/h6-7,12-13,15H,2-5,8-11H2,1H3. The van der Waals surface area contributed by atoms with Crippen LogP contribution in [0.3, 0.4) is 0 Å². The summed E-state index contributed by atoms with van der Waals surface area (Å²) in [7, 11) is -1.47. The molecule has 124 valence electrons. The van der Waals surface area contributed by atoms with Crippen LogP contribution < -0.4 is 5.32 Å². The number of aryl methyl sites for hydroxylation is 1. The molecular weight excluding hydrogens is 304 g/mol. The van der Waals surface area contributed by atoms with Gasteiger partial charge >= 0.3 is 0 Å². The van der Waals surface area contributed by atoms with Crippen molar-refractivity contribution in [2.45, 2.75) is 31.4 Å². The number of rotatable bonds is 4. The van der Waals surface area contributed by atoms with E-state index in [1.165, 1.54) is 0 Å². The first-order chi connectivity index (χ1) is 10.6. The molecule has 2 aliphatic rings. The quantitative estimate of drug-likeness (QED) is 0.858. The summed E-state index contributed by atoms with van der Waals surface area (Å²) in [5.74, 6) is 0.855. The zero-order valence-corrected chi connectivity index (χ0v) is 13.8. The van der Waals surface area contributed by atoms with Crippen molar-refractivity contribution in [3.63, 3.8) is 0 Å². The second-order valence-corrected chi connectivity index (χ2v) is 7.96. The number of piperazine rings is 1. The minimum atomic E-state index is -3.36. The van der Waals surface area contributed by atoms with Crippen LogP contribution in [0, 0.1) is 0 Å². The Morgan fingerprint density at radius 1 is 1.45 bits per heavy atom. The average Bonchev–Trinajstić information content (AvgIpc) is 2.94. The summed E-state index contributed by atoms with van der Waals surface area (Å²) in [6, 6.07) is -0.248. The molecule has 0 spiro atoms. The molecule has 2 atom stereocenters. The molecule has 8 heteroatoms. The van der Waals surface area contributed by atoms with Crippen LogP contribution in [0.1, 0.15) is 31.1 Å². The van der Waals surface area contributed by atoms with Crippen LogP contribution in [0.4, 0.5) is 0 Å². The molecule has 1 N–H and O–H groups in total. The van der Waals surface area contributed by atoms with Gasteiger partial charge in [0.25, 0.3) is 0 Å². The first-order valence-electron chi connectivity index (χ1n) is 7.87. The molecule has 3 heterocycles. The summed E-state index contributed by atoms with van der Waals surface area (Å²) in [6.45, 7) is 2.42. The van der Waals surface area contributed by atoms with Crippen molar-refractivity contribution < 1.29 is 13.2 Å². The number of hydrogen-bond donors (Lipinski definition) is 1. The third-order valence-corrected chi connectivity index (χ3v) is 6.32. The number of nitrogens with zero attached hydrogens (tertiary/aromatic N) is 3. The predicted molar refractivity (Wildman–Crippen MR) is 82.9 cm³/mol. The Morgan fingerprint density at radius 2 is 2.32 bits per heavy atom. The van der Waals surface area contributed by atoms with Crippen LogP contribution in [0.5, 0.6) is 0 Å². The molecule has 22 heavy (non-hydrogen) atoms. The van der Waals surface area contributed by atoms with Crippen molar-refractivity contribution >= 4 is 10.0 Å². The summed E-state index contributed by atoms with van der Waals surface area (Å²) >= 11 is 0. The van der Waals surface area contributed by atoms with Gasteiger partial charge in [-0.25, -0.2) is 13.4 Å². The Balaban J connectivity index is 1.78. The Bertz CT molecular complexity index is 595. The van der Waals surface area contributed by atoms with E-state index in [9.17, 15) is 8.42 Å². The van der Waals surface area contributed by atoms with Crippen molar-refractivity contribution in [1.29, 1.82) is 0 Å². The fourth-order valence-corrected chi connectivity index (χ4v) is 5.06. The van der Waals surface area contributed by atoms with Crippen LogP contribution in [0.2, 0.25) is 0 Å². The summed E-state index contributed by atoms with van der Waals surface area (Å²) in [5, 5.41) is 3.27. The molecule has 0 aliphatic carbocycles. The number of nitrogens with one attached hydrogen (secondary N) is 1. The van der Waals surface area contributed by atoms with E-state index < -0.39 is 10.0 Å². The van der Waals surface area contributed by atoms with Crippen LogP contribution in [0.15, 0.2) is 12.4 Å². The largest absolute Gasteiger partial charge is 0.377 e. The van der Waals surface area contributed by atoms with Crippen LogP contribution in [-0.2, 0) is 21.8 Å².